The number of aliphatic hydroxyl groups is 3. The van der Waals surface area contributed by atoms with Crippen LogP contribution in [0.5, 0.6) is 0 Å². The number of ether oxygens (including phenoxy) is 5. The van der Waals surface area contributed by atoms with Crippen molar-refractivity contribution in [2.24, 2.45) is 35.3 Å². The summed E-state index contributed by atoms with van der Waals surface area (Å²) in [5, 5.41) is 33.1. The summed E-state index contributed by atoms with van der Waals surface area (Å²) in [4.78, 5) is 37.5. The molecule has 0 aliphatic carbocycles. The van der Waals surface area contributed by atoms with E-state index in [1.807, 2.05) is 46.8 Å². The Morgan fingerprint density at radius 2 is 1.75 bits per heavy atom. The zero-order valence-corrected chi connectivity index (χ0v) is 33.4. The van der Waals surface area contributed by atoms with E-state index in [0.29, 0.717) is 32.1 Å². The zero-order chi connectivity index (χ0) is 39.6. The van der Waals surface area contributed by atoms with Crippen LogP contribution < -0.4 is 5.73 Å². The number of nitrogens with two attached hydrogens (primary N) is 1. The first kappa shape index (κ1) is 44.8. The van der Waals surface area contributed by atoms with Crippen molar-refractivity contribution < 1.29 is 53.4 Å². The molecule has 1 saturated heterocycles. The summed E-state index contributed by atoms with van der Waals surface area (Å²) in [5.74, 6) is -3.23. The number of carbonyl (C=O) groups excluding carboxylic acids is 3. The second-order valence-electron chi connectivity index (χ2n) is 16.1. The molecule has 5 N–H and O–H groups in total. The third-order valence-corrected chi connectivity index (χ3v) is 11.2. The van der Waals surface area contributed by atoms with Gasteiger partial charge in [-0.3, -0.25) is 9.59 Å². The van der Waals surface area contributed by atoms with Gasteiger partial charge in [0.25, 0.3) is 0 Å². The molecule has 0 aromatic rings. The van der Waals surface area contributed by atoms with Crippen LogP contribution in [0.4, 0.5) is 4.79 Å². The smallest absolute Gasteiger partial charge is 0.404 e. The quantitative estimate of drug-likeness (QED) is 0.151. The number of esters is 1. The minimum absolute atomic E-state index is 0.00488. The number of fused-ring (bicyclic) bond motifs is 2. The van der Waals surface area contributed by atoms with Gasteiger partial charge in [-0.1, -0.05) is 65.8 Å². The maximum atomic E-state index is 13.6. The second-order valence-corrected chi connectivity index (χ2v) is 16.1. The van der Waals surface area contributed by atoms with Crippen molar-refractivity contribution in [1.29, 1.82) is 0 Å². The van der Waals surface area contributed by atoms with E-state index < -0.39 is 66.7 Å². The van der Waals surface area contributed by atoms with E-state index in [1.54, 1.807) is 20.8 Å². The van der Waals surface area contributed by atoms with E-state index in [2.05, 4.69) is 19.1 Å². The minimum Gasteiger partial charge on any atom is -0.462 e. The van der Waals surface area contributed by atoms with Gasteiger partial charge in [0.1, 0.15) is 30.2 Å². The summed E-state index contributed by atoms with van der Waals surface area (Å²) in [6.07, 6.45) is 5.26. The molecule has 0 aromatic carbocycles. The number of amides is 1. The van der Waals surface area contributed by atoms with Gasteiger partial charge < -0.3 is 44.7 Å². The van der Waals surface area contributed by atoms with Gasteiger partial charge in [-0.2, -0.15) is 0 Å². The van der Waals surface area contributed by atoms with Gasteiger partial charge in [0, 0.05) is 25.2 Å². The van der Waals surface area contributed by atoms with Crippen LogP contribution >= 0.6 is 0 Å². The van der Waals surface area contributed by atoms with Gasteiger partial charge in [-0.25, -0.2) is 4.79 Å². The fraction of sp³-hybridized carbons (Fsp3) is 0.780. The van der Waals surface area contributed by atoms with Gasteiger partial charge >= 0.3 is 12.1 Å². The highest BCUT2D eigenvalue weighted by atomic mass is 16.7. The Morgan fingerprint density at radius 3 is 2.42 bits per heavy atom. The maximum Gasteiger partial charge on any atom is 0.404 e. The average Bonchev–Trinajstić information content (AvgIpc) is 3.09. The number of cyclic esters (lactones) is 1. The van der Waals surface area contributed by atoms with Crippen LogP contribution in [0.25, 0.3) is 0 Å². The predicted octanol–water partition coefficient (Wildman–Crippen LogP) is 6.04. The number of primary amides is 1. The van der Waals surface area contributed by atoms with E-state index >= 15 is 0 Å². The molecule has 12 nitrogen and oxygen atoms in total. The van der Waals surface area contributed by atoms with Crippen LogP contribution in [0, 0.1) is 29.6 Å². The summed E-state index contributed by atoms with van der Waals surface area (Å²) < 4.78 is 30.0. The van der Waals surface area contributed by atoms with Crippen molar-refractivity contribution >= 4 is 17.8 Å². The molecular weight excluding hydrogens is 682 g/mol. The highest BCUT2D eigenvalue weighted by Gasteiger charge is 2.41. The van der Waals surface area contributed by atoms with Gasteiger partial charge in [0.05, 0.1) is 24.7 Å². The number of hydrogen-bond acceptors (Lipinski definition) is 11. The van der Waals surface area contributed by atoms with Crippen LogP contribution in [0.1, 0.15) is 120 Å². The van der Waals surface area contributed by atoms with E-state index in [-0.39, 0.29) is 54.8 Å². The maximum absolute atomic E-state index is 13.6. The average molecular weight is 750 g/mol. The molecule has 0 unspecified atom stereocenters. The highest BCUT2D eigenvalue weighted by molar-refractivity contribution is 5.80. The van der Waals surface area contributed by atoms with E-state index in [9.17, 15) is 29.7 Å². The third kappa shape index (κ3) is 13.3. The molecule has 0 radical (unpaired) electrons. The molecule has 3 aliphatic rings. The molecule has 2 bridgehead atoms. The van der Waals surface area contributed by atoms with Crippen molar-refractivity contribution in [3.8, 4) is 0 Å². The normalized spacial score (nSPS) is 37.0. The van der Waals surface area contributed by atoms with Crippen molar-refractivity contribution in [2.75, 3.05) is 0 Å². The summed E-state index contributed by atoms with van der Waals surface area (Å²) in [6.45, 7) is 17.2. The SMILES string of the molecule is CCC(=O)[C@@H](C)[C@@H](O)[C@H](C)C[C@@H](C)[C@H]1OC(=O)C[C@@]2(O)CC=C(C)[C@H](O2)/C(C)=C/CCC[C@@H](O[C@H]2C[C@@H](OC(N)=O)[C@H](O)[C@@H](C)O2)C=C[C@H](C)C[C@H]1C. The molecular formula is C41H67NO11. The number of aliphatic hydroxyl groups excluding tert-OH is 2. The first-order chi connectivity index (χ1) is 24.8. The van der Waals surface area contributed by atoms with E-state index in [1.165, 1.54) is 0 Å². The number of Topliss-reactive ketones (excluding diaryl/α,β-unsaturated/α-hetero) is 1. The minimum atomic E-state index is -1.73. The lowest BCUT2D eigenvalue weighted by Gasteiger charge is -2.38. The lowest BCUT2D eigenvalue weighted by molar-refractivity contribution is -0.254. The Kier molecular flexibility index (Phi) is 17.2. The third-order valence-electron chi connectivity index (χ3n) is 11.2. The first-order valence-corrected chi connectivity index (χ1v) is 19.6. The fourth-order valence-corrected chi connectivity index (χ4v) is 8.07. The largest absolute Gasteiger partial charge is 0.462 e. The topological polar surface area (TPSA) is 184 Å². The van der Waals surface area contributed by atoms with Gasteiger partial charge in [-0.15, -0.1) is 0 Å². The molecule has 3 rings (SSSR count). The number of ketones is 1. The molecule has 53 heavy (non-hydrogen) atoms. The van der Waals surface area contributed by atoms with E-state index in [4.69, 9.17) is 29.4 Å². The number of rotatable bonds is 10. The molecule has 302 valence electrons. The highest BCUT2D eigenvalue weighted by Crippen LogP contribution is 2.35. The molecule has 0 aromatic heterocycles. The zero-order valence-electron chi connectivity index (χ0n) is 33.4. The van der Waals surface area contributed by atoms with Crippen molar-refractivity contribution in [3.05, 3.63) is 35.5 Å². The van der Waals surface area contributed by atoms with Crippen molar-refractivity contribution in [2.45, 2.75) is 175 Å². The monoisotopic (exact) mass is 749 g/mol. The summed E-state index contributed by atoms with van der Waals surface area (Å²) >= 11 is 0. The first-order valence-electron chi connectivity index (χ1n) is 19.6. The molecule has 14 atom stereocenters. The Bertz CT molecular complexity index is 1310. The van der Waals surface area contributed by atoms with Crippen molar-refractivity contribution in [1.82, 2.24) is 0 Å². The van der Waals surface area contributed by atoms with Crippen LogP contribution in [0.3, 0.4) is 0 Å². The Labute approximate surface area is 316 Å². The van der Waals surface area contributed by atoms with Crippen molar-refractivity contribution in [3.63, 3.8) is 0 Å². The Balaban J connectivity index is 1.90. The number of hydrogen-bond donors (Lipinski definition) is 4. The molecule has 3 heterocycles. The van der Waals surface area contributed by atoms with Gasteiger partial charge in [0.15, 0.2) is 12.1 Å². The number of carbonyl (C=O) groups is 3. The lowest BCUT2D eigenvalue weighted by atomic mass is 9.79. The summed E-state index contributed by atoms with van der Waals surface area (Å²) in [7, 11) is 0. The fourth-order valence-electron chi connectivity index (χ4n) is 8.07. The van der Waals surface area contributed by atoms with Crippen LogP contribution in [-0.2, 0) is 33.3 Å². The predicted molar refractivity (Wildman–Crippen MR) is 200 cm³/mol. The molecule has 0 saturated carbocycles. The molecule has 3 aliphatic heterocycles. The van der Waals surface area contributed by atoms with Crippen LogP contribution in [0.15, 0.2) is 35.5 Å². The standard InChI is InChI=1S/C41H67NO11/c1-10-32(43)29(8)36(45)26(5)20-28(7)38-27(6)19-23(2)15-16-31(50-35-21-33(51-40(42)47)37(46)30(9)49-35)14-12-11-13-24(3)39-25(4)17-18-41(48,53-39)22-34(44)52-38/h13,15-17,23,26-31,33,35-39,45-46,48H,10-12,14,18-22H2,1-9H3,(H2,42,47)/b16-15?,24-13+/t23-,26+,27+,28+,29+,30+,31+,33+,35-,36-,37+,38-,39+,41+/m0/s1. The Morgan fingerprint density at radius 1 is 1.08 bits per heavy atom. The molecule has 0 spiro atoms. The molecule has 1 fully saturated rings. The molecule has 1 amide bonds. The number of allylic oxidation sites excluding steroid dienone is 2. The summed E-state index contributed by atoms with van der Waals surface area (Å²) in [6, 6.07) is 0. The summed E-state index contributed by atoms with van der Waals surface area (Å²) in [5.41, 5.74) is 7.13. The van der Waals surface area contributed by atoms with Gasteiger partial charge in [0.2, 0.25) is 0 Å². The molecule has 12 heteroatoms. The second kappa shape index (κ2) is 20.3. The van der Waals surface area contributed by atoms with E-state index in [0.717, 1.165) is 17.6 Å². The van der Waals surface area contributed by atoms with Gasteiger partial charge in [-0.05, 0) is 87.7 Å². The van der Waals surface area contributed by atoms with Crippen LogP contribution in [-0.4, -0.2) is 88.0 Å². The Hall–Kier alpha value is -2.61. The lowest BCUT2D eigenvalue weighted by Crippen LogP contribution is -2.50. The van der Waals surface area contributed by atoms with Crippen LogP contribution in [0.2, 0.25) is 0 Å².